The predicted octanol–water partition coefficient (Wildman–Crippen LogP) is 1.54. The lowest BCUT2D eigenvalue weighted by atomic mass is 9.81. The molecule has 0 amide bonds. The summed E-state index contributed by atoms with van der Waals surface area (Å²) >= 11 is 0. The van der Waals surface area contributed by atoms with Crippen molar-refractivity contribution >= 4 is 0 Å². The number of piperidine rings is 4. The molecule has 5 fully saturated rings. The Labute approximate surface area is 117 Å². The Balaban J connectivity index is 1.32. The van der Waals surface area contributed by atoms with Crippen LogP contribution in [0.5, 0.6) is 0 Å². The third kappa shape index (κ3) is 2.45. The van der Waals surface area contributed by atoms with Gasteiger partial charge in [-0.1, -0.05) is 0 Å². The second kappa shape index (κ2) is 5.34. The molecule has 0 aromatic carbocycles. The highest BCUT2D eigenvalue weighted by Crippen LogP contribution is 2.34. The summed E-state index contributed by atoms with van der Waals surface area (Å²) in [7, 11) is 0. The molecule has 1 N–H and O–H groups in total. The Bertz CT molecular complexity index is 297. The SMILES string of the molecule is C1CNC(C2CCN(C3CN4CCC3CC4)CC2)C1. The number of hydrogen-bond acceptors (Lipinski definition) is 3. The molecule has 108 valence electrons. The highest BCUT2D eigenvalue weighted by Gasteiger charge is 2.39. The Morgan fingerprint density at radius 2 is 1.53 bits per heavy atom. The van der Waals surface area contributed by atoms with Gasteiger partial charge in [-0.2, -0.15) is 0 Å². The van der Waals surface area contributed by atoms with Gasteiger partial charge in [-0.3, -0.25) is 4.90 Å². The van der Waals surface area contributed by atoms with Gasteiger partial charge in [0.2, 0.25) is 0 Å². The molecule has 3 heteroatoms. The quantitative estimate of drug-likeness (QED) is 0.815. The van der Waals surface area contributed by atoms with E-state index in [0.29, 0.717) is 0 Å². The van der Waals surface area contributed by atoms with E-state index in [9.17, 15) is 0 Å². The summed E-state index contributed by atoms with van der Waals surface area (Å²) in [4.78, 5) is 5.55. The average Bonchev–Trinajstić information content (AvgIpc) is 3.03. The van der Waals surface area contributed by atoms with E-state index in [2.05, 4.69) is 15.1 Å². The zero-order valence-electron chi connectivity index (χ0n) is 12.2. The summed E-state index contributed by atoms with van der Waals surface area (Å²) in [5, 5.41) is 3.72. The predicted molar refractivity (Wildman–Crippen MR) is 78.3 cm³/mol. The summed E-state index contributed by atoms with van der Waals surface area (Å²) in [5.74, 6) is 1.99. The number of likely N-dealkylation sites (tertiary alicyclic amines) is 1. The molecule has 0 saturated carbocycles. The van der Waals surface area contributed by atoms with Gasteiger partial charge >= 0.3 is 0 Å². The summed E-state index contributed by atoms with van der Waals surface area (Å²) < 4.78 is 0. The molecular formula is C16H29N3. The normalized spacial score (nSPS) is 44.8. The number of rotatable bonds is 2. The fourth-order valence-electron chi connectivity index (χ4n) is 5.11. The third-order valence-electron chi connectivity index (χ3n) is 6.33. The van der Waals surface area contributed by atoms with Gasteiger partial charge in [0, 0.05) is 18.6 Å². The maximum Gasteiger partial charge on any atom is 0.0252 e. The average molecular weight is 263 g/mol. The highest BCUT2D eigenvalue weighted by molar-refractivity contribution is 4.95. The Morgan fingerprint density at radius 1 is 0.789 bits per heavy atom. The molecule has 5 heterocycles. The van der Waals surface area contributed by atoms with Crippen molar-refractivity contribution in [2.24, 2.45) is 11.8 Å². The molecule has 0 spiro atoms. The molecule has 0 radical (unpaired) electrons. The first-order valence-corrected chi connectivity index (χ1v) is 8.60. The smallest absolute Gasteiger partial charge is 0.0252 e. The Kier molecular flexibility index (Phi) is 3.55. The van der Waals surface area contributed by atoms with Crippen molar-refractivity contribution in [3.05, 3.63) is 0 Å². The second-order valence-corrected chi connectivity index (χ2v) is 7.28. The maximum atomic E-state index is 3.72. The van der Waals surface area contributed by atoms with Crippen LogP contribution in [0.1, 0.15) is 38.5 Å². The van der Waals surface area contributed by atoms with Gasteiger partial charge in [-0.05, 0) is 83.1 Å². The Hall–Kier alpha value is -0.120. The minimum atomic E-state index is 0.855. The molecule has 5 aliphatic rings. The molecule has 2 unspecified atom stereocenters. The largest absolute Gasteiger partial charge is 0.314 e. The van der Waals surface area contributed by atoms with E-state index in [-0.39, 0.29) is 0 Å². The fraction of sp³-hybridized carbons (Fsp3) is 1.00. The van der Waals surface area contributed by atoms with E-state index in [4.69, 9.17) is 0 Å². The minimum absolute atomic E-state index is 0.855. The summed E-state index contributed by atoms with van der Waals surface area (Å²) in [6.45, 7) is 8.14. The molecule has 5 aliphatic heterocycles. The van der Waals surface area contributed by atoms with Crippen molar-refractivity contribution in [1.82, 2.24) is 15.1 Å². The number of nitrogens with zero attached hydrogens (tertiary/aromatic N) is 2. The summed E-state index contributed by atoms with van der Waals surface area (Å²) in [5.41, 5.74) is 0. The van der Waals surface area contributed by atoms with Crippen LogP contribution in [0.3, 0.4) is 0 Å². The first kappa shape index (κ1) is 12.6. The first-order chi connectivity index (χ1) is 9.40. The van der Waals surface area contributed by atoms with E-state index < -0.39 is 0 Å². The molecule has 0 aromatic heterocycles. The van der Waals surface area contributed by atoms with Gasteiger partial charge in [-0.25, -0.2) is 0 Å². The lowest BCUT2D eigenvalue weighted by Gasteiger charge is -2.51. The molecule has 2 atom stereocenters. The minimum Gasteiger partial charge on any atom is -0.314 e. The van der Waals surface area contributed by atoms with E-state index in [1.165, 1.54) is 77.8 Å². The highest BCUT2D eigenvalue weighted by atomic mass is 15.3. The van der Waals surface area contributed by atoms with Gasteiger partial charge in [0.1, 0.15) is 0 Å². The van der Waals surface area contributed by atoms with E-state index in [1.54, 1.807) is 0 Å². The van der Waals surface area contributed by atoms with E-state index in [1.807, 2.05) is 0 Å². The van der Waals surface area contributed by atoms with Crippen LogP contribution in [0.25, 0.3) is 0 Å². The van der Waals surface area contributed by atoms with Crippen molar-refractivity contribution in [2.45, 2.75) is 50.6 Å². The van der Waals surface area contributed by atoms with Crippen LogP contribution in [0.4, 0.5) is 0 Å². The molecule has 5 rings (SSSR count). The molecule has 5 saturated heterocycles. The zero-order valence-corrected chi connectivity index (χ0v) is 12.2. The van der Waals surface area contributed by atoms with E-state index >= 15 is 0 Å². The lowest BCUT2D eigenvalue weighted by molar-refractivity contribution is -0.0108. The van der Waals surface area contributed by atoms with Crippen LogP contribution in [-0.4, -0.2) is 61.2 Å². The standard InChI is InChI=1S/C16H29N3/c1-2-15(17-7-1)13-5-10-19(11-6-13)16-12-18-8-3-14(16)4-9-18/h13-17H,1-12H2. The van der Waals surface area contributed by atoms with Gasteiger partial charge in [-0.15, -0.1) is 0 Å². The lowest BCUT2D eigenvalue weighted by Crippen LogP contribution is -2.59. The Morgan fingerprint density at radius 3 is 2.11 bits per heavy atom. The zero-order chi connectivity index (χ0) is 12.7. The number of nitrogens with one attached hydrogen (secondary N) is 1. The number of fused-ring (bicyclic) bond motifs is 3. The molecule has 3 nitrogen and oxygen atoms in total. The van der Waals surface area contributed by atoms with Crippen LogP contribution < -0.4 is 5.32 Å². The van der Waals surface area contributed by atoms with Crippen LogP contribution in [0.15, 0.2) is 0 Å². The van der Waals surface area contributed by atoms with Crippen molar-refractivity contribution in [3.63, 3.8) is 0 Å². The maximum absolute atomic E-state index is 3.72. The van der Waals surface area contributed by atoms with Gasteiger partial charge < -0.3 is 10.2 Å². The van der Waals surface area contributed by atoms with Crippen LogP contribution in [0.2, 0.25) is 0 Å². The molecule has 0 aliphatic carbocycles. The molecular weight excluding hydrogens is 234 g/mol. The van der Waals surface area contributed by atoms with Gasteiger partial charge in [0.15, 0.2) is 0 Å². The third-order valence-corrected chi connectivity index (χ3v) is 6.33. The van der Waals surface area contributed by atoms with Crippen molar-refractivity contribution in [1.29, 1.82) is 0 Å². The molecule has 0 aromatic rings. The van der Waals surface area contributed by atoms with Gasteiger partial charge in [0.25, 0.3) is 0 Å². The fourth-order valence-corrected chi connectivity index (χ4v) is 5.11. The number of hydrogen-bond donors (Lipinski definition) is 1. The monoisotopic (exact) mass is 263 g/mol. The molecule has 2 bridgehead atoms. The van der Waals surface area contributed by atoms with Crippen molar-refractivity contribution in [2.75, 3.05) is 39.3 Å². The van der Waals surface area contributed by atoms with Crippen molar-refractivity contribution in [3.8, 4) is 0 Å². The van der Waals surface area contributed by atoms with Crippen molar-refractivity contribution < 1.29 is 0 Å². The van der Waals surface area contributed by atoms with Crippen LogP contribution in [0, 0.1) is 11.8 Å². The first-order valence-electron chi connectivity index (χ1n) is 8.60. The topological polar surface area (TPSA) is 18.5 Å². The van der Waals surface area contributed by atoms with Crippen LogP contribution >= 0.6 is 0 Å². The summed E-state index contributed by atoms with van der Waals surface area (Å²) in [6, 6.07) is 1.76. The van der Waals surface area contributed by atoms with Gasteiger partial charge in [0.05, 0.1) is 0 Å². The molecule has 19 heavy (non-hydrogen) atoms. The van der Waals surface area contributed by atoms with E-state index in [0.717, 1.165) is 23.9 Å². The van der Waals surface area contributed by atoms with Crippen LogP contribution in [-0.2, 0) is 0 Å². The summed E-state index contributed by atoms with van der Waals surface area (Å²) in [6.07, 6.45) is 8.67. The second-order valence-electron chi connectivity index (χ2n) is 7.28.